The van der Waals surface area contributed by atoms with Crippen LogP contribution in [0.2, 0.25) is 0 Å². The third kappa shape index (κ3) is 5.29. The highest BCUT2D eigenvalue weighted by Crippen LogP contribution is 2.31. The molecular weight excluding hydrogens is 448 g/mol. The van der Waals surface area contributed by atoms with Crippen LogP contribution in [-0.2, 0) is 13.1 Å². The molecule has 35 heavy (non-hydrogen) atoms. The summed E-state index contributed by atoms with van der Waals surface area (Å²) in [4.78, 5) is 2.47. The summed E-state index contributed by atoms with van der Waals surface area (Å²) in [6.45, 7) is 4.09. The van der Waals surface area contributed by atoms with E-state index in [4.69, 9.17) is 5.11 Å². The monoisotopic (exact) mass is 479 g/mol. The zero-order valence-electron chi connectivity index (χ0n) is 20.1. The second kappa shape index (κ2) is 10.9. The number of aryl methyl sites for hydroxylation is 1. The van der Waals surface area contributed by atoms with E-state index in [1.54, 1.807) is 11.3 Å². The van der Waals surface area contributed by atoms with Crippen LogP contribution >= 0.6 is 11.3 Å². The summed E-state index contributed by atoms with van der Waals surface area (Å²) in [7, 11) is 0. The van der Waals surface area contributed by atoms with E-state index in [9.17, 15) is 0 Å². The van der Waals surface area contributed by atoms with Gasteiger partial charge in [-0.3, -0.25) is 0 Å². The van der Waals surface area contributed by atoms with Gasteiger partial charge >= 0.3 is 0 Å². The topological polar surface area (TPSA) is 29.0 Å². The molecule has 0 unspecified atom stereocenters. The molecule has 0 aliphatic heterocycles. The predicted octanol–water partition coefficient (Wildman–Crippen LogP) is 7.28. The summed E-state index contributed by atoms with van der Waals surface area (Å²) in [5, 5.41) is 11.7. The SMILES string of the molecule is CCCCn1c2ccccc2c2cc(/C=C/c3ccc(/C=C/c4cc[n+](CCO)cc4)s3)ccc21. The quantitative estimate of drug-likeness (QED) is 0.221. The molecule has 0 aliphatic carbocycles. The minimum Gasteiger partial charge on any atom is -0.390 e. The molecule has 176 valence electrons. The molecule has 0 aliphatic rings. The Hall–Kier alpha value is -3.47. The van der Waals surface area contributed by atoms with Crippen molar-refractivity contribution >= 4 is 57.4 Å². The number of aromatic nitrogens is 2. The van der Waals surface area contributed by atoms with Gasteiger partial charge in [0.15, 0.2) is 18.9 Å². The van der Waals surface area contributed by atoms with Crippen molar-refractivity contribution < 1.29 is 9.67 Å². The Bertz CT molecular complexity index is 1490. The lowest BCUT2D eigenvalue weighted by Crippen LogP contribution is -2.34. The van der Waals surface area contributed by atoms with Crippen molar-refractivity contribution in [3.8, 4) is 0 Å². The van der Waals surface area contributed by atoms with Gasteiger partial charge in [0.1, 0.15) is 6.61 Å². The molecule has 5 aromatic rings. The van der Waals surface area contributed by atoms with Gasteiger partial charge in [-0.05, 0) is 60.0 Å². The molecule has 4 heteroatoms. The van der Waals surface area contributed by atoms with Gasteiger partial charge in [-0.2, -0.15) is 0 Å². The number of nitrogens with zero attached hydrogens (tertiary/aromatic N) is 2. The van der Waals surface area contributed by atoms with E-state index in [1.165, 1.54) is 50.0 Å². The maximum absolute atomic E-state index is 9.04. The average Bonchev–Trinajstić information content (AvgIpc) is 3.48. The molecule has 0 fully saturated rings. The highest BCUT2D eigenvalue weighted by molar-refractivity contribution is 7.13. The molecule has 0 spiro atoms. The summed E-state index contributed by atoms with van der Waals surface area (Å²) >= 11 is 1.79. The largest absolute Gasteiger partial charge is 0.390 e. The fourth-order valence-electron chi connectivity index (χ4n) is 4.48. The molecule has 0 atom stereocenters. The Morgan fingerprint density at radius 3 is 2.26 bits per heavy atom. The lowest BCUT2D eigenvalue weighted by atomic mass is 10.1. The lowest BCUT2D eigenvalue weighted by Gasteiger charge is -2.06. The normalized spacial score (nSPS) is 12.1. The van der Waals surface area contributed by atoms with Gasteiger partial charge in [-0.15, -0.1) is 11.3 Å². The van der Waals surface area contributed by atoms with Crippen molar-refractivity contribution in [3.63, 3.8) is 0 Å². The smallest absolute Gasteiger partial charge is 0.171 e. The second-order valence-corrected chi connectivity index (χ2v) is 9.95. The molecule has 0 bridgehead atoms. The van der Waals surface area contributed by atoms with Crippen molar-refractivity contribution in [1.29, 1.82) is 0 Å². The third-order valence-corrected chi connectivity index (χ3v) is 7.35. The number of thiophene rings is 1. The first kappa shape index (κ1) is 23.3. The van der Waals surface area contributed by atoms with Crippen molar-refractivity contribution in [2.75, 3.05) is 6.61 Å². The van der Waals surface area contributed by atoms with Crippen molar-refractivity contribution in [2.45, 2.75) is 32.9 Å². The third-order valence-electron chi connectivity index (χ3n) is 6.33. The van der Waals surface area contributed by atoms with Crippen molar-refractivity contribution in [2.24, 2.45) is 0 Å². The van der Waals surface area contributed by atoms with Gasteiger partial charge in [0.05, 0.1) is 0 Å². The number of benzene rings is 2. The fourth-order valence-corrected chi connectivity index (χ4v) is 5.30. The molecule has 0 amide bonds. The maximum Gasteiger partial charge on any atom is 0.171 e. The predicted molar refractivity (Wildman–Crippen MR) is 150 cm³/mol. The van der Waals surface area contributed by atoms with Crippen LogP contribution < -0.4 is 4.57 Å². The van der Waals surface area contributed by atoms with E-state index < -0.39 is 0 Å². The van der Waals surface area contributed by atoms with Gasteiger partial charge in [-0.1, -0.05) is 49.8 Å². The second-order valence-electron chi connectivity index (χ2n) is 8.80. The Kier molecular flexibility index (Phi) is 7.22. The van der Waals surface area contributed by atoms with Crippen LogP contribution in [0.15, 0.2) is 79.1 Å². The Morgan fingerprint density at radius 1 is 0.800 bits per heavy atom. The van der Waals surface area contributed by atoms with E-state index in [2.05, 4.69) is 103 Å². The van der Waals surface area contributed by atoms with Crippen LogP contribution in [0.5, 0.6) is 0 Å². The number of unbranched alkanes of at least 4 members (excludes halogenated alkanes) is 1. The number of para-hydroxylation sites is 1. The first-order valence-corrected chi connectivity index (χ1v) is 13.1. The number of fused-ring (bicyclic) bond motifs is 3. The number of pyridine rings is 1. The van der Waals surface area contributed by atoms with E-state index in [1.807, 2.05) is 17.0 Å². The average molecular weight is 480 g/mol. The summed E-state index contributed by atoms with van der Waals surface area (Å²) in [6.07, 6.45) is 15.1. The molecule has 5 rings (SSSR count). The van der Waals surface area contributed by atoms with Gasteiger partial charge in [0, 0.05) is 50.2 Å². The minimum atomic E-state index is 0.154. The molecule has 3 nitrogen and oxygen atoms in total. The molecule has 0 radical (unpaired) electrons. The molecule has 3 aromatic heterocycles. The van der Waals surface area contributed by atoms with Gasteiger partial charge in [0.2, 0.25) is 0 Å². The van der Waals surface area contributed by atoms with Crippen LogP contribution in [0, 0.1) is 0 Å². The number of hydrogen-bond acceptors (Lipinski definition) is 2. The molecular formula is C31H31N2OS+. The standard InChI is InChI=1S/C31H31N2OS/c1-2-3-18-33-30-7-5-4-6-28(30)29-23-25(10-15-31(29)33)9-12-27-14-13-26(35-27)11-8-24-16-19-32(20-17-24)21-22-34/h4-17,19-20,23,34H,2-3,18,21-22H2,1H3/q+1. The van der Waals surface area contributed by atoms with Crippen LogP contribution in [0.25, 0.3) is 46.1 Å². The Labute approximate surface area is 210 Å². The number of aliphatic hydroxyl groups excluding tert-OH is 1. The van der Waals surface area contributed by atoms with Gasteiger partial charge in [0.25, 0.3) is 0 Å². The van der Waals surface area contributed by atoms with Gasteiger partial charge in [-0.25, -0.2) is 4.57 Å². The summed E-state index contributed by atoms with van der Waals surface area (Å²) in [6, 6.07) is 24.1. The highest BCUT2D eigenvalue weighted by Gasteiger charge is 2.10. The van der Waals surface area contributed by atoms with Crippen LogP contribution in [0.3, 0.4) is 0 Å². The fraction of sp³-hybridized carbons (Fsp3) is 0.194. The van der Waals surface area contributed by atoms with Crippen LogP contribution in [0.1, 0.15) is 40.6 Å². The number of hydrogen-bond donors (Lipinski definition) is 1. The maximum atomic E-state index is 9.04. The van der Waals surface area contributed by atoms with E-state index >= 15 is 0 Å². The van der Waals surface area contributed by atoms with E-state index in [0.717, 1.165) is 12.1 Å². The summed E-state index contributed by atoms with van der Waals surface area (Å²) < 4.78 is 4.45. The molecule has 2 aromatic carbocycles. The van der Waals surface area contributed by atoms with Gasteiger partial charge < -0.3 is 9.67 Å². The Balaban J connectivity index is 1.34. The molecule has 0 saturated carbocycles. The Morgan fingerprint density at radius 2 is 1.51 bits per heavy atom. The summed E-state index contributed by atoms with van der Waals surface area (Å²) in [5.74, 6) is 0. The highest BCUT2D eigenvalue weighted by atomic mass is 32.1. The van der Waals surface area contributed by atoms with Crippen LogP contribution in [-0.4, -0.2) is 16.3 Å². The summed E-state index contributed by atoms with van der Waals surface area (Å²) in [5.41, 5.74) is 5.02. The molecule has 3 heterocycles. The first-order chi connectivity index (χ1) is 17.2. The first-order valence-electron chi connectivity index (χ1n) is 12.3. The van der Waals surface area contributed by atoms with E-state index in [0.29, 0.717) is 6.54 Å². The lowest BCUT2D eigenvalue weighted by molar-refractivity contribution is -0.698. The van der Waals surface area contributed by atoms with Crippen molar-refractivity contribution in [1.82, 2.24) is 4.57 Å². The molecule has 1 N–H and O–H groups in total. The number of rotatable bonds is 9. The van der Waals surface area contributed by atoms with Crippen LogP contribution in [0.4, 0.5) is 0 Å². The minimum absolute atomic E-state index is 0.154. The zero-order chi connectivity index (χ0) is 24.0. The zero-order valence-corrected chi connectivity index (χ0v) is 20.9. The molecule has 0 saturated heterocycles. The van der Waals surface area contributed by atoms with E-state index in [-0.39, 0.29) is 6.61 Å². The number of aliphatic hydroxyl groups is 1. The van der Waals surface area contributed by atoms with Crippen molar-refractivity contribution in [3.05, 3.63) is 100 Å².